The van der Waals surface area contributed by atoms with Gasteiger partial charge < -0.3 is 19.5 Å². The van der Waals surface area contributed by atoms with Crippen LogP contribution in [0.25, 0.3) is 0 Å². The lowest BCUT2D eigenvalue weighted by Gasteiger charge is -2.18. The van der Waals surface area contributed by atoms with Crippen LogP contribution in [0.4, 0.5) is 5.69 Å². The monoisotopic (exact) mass is 377 g/mol. The third-order valence-corrected chi connectivity index (χ3v) is 3.73. The summed E-state index contributed by atoms with van der Waals surface area (Å²) in [6, 6.07) is 13.4. The molecule has 2 unspecified atom stereocenters. The highest BCUT2D eigenvalue weighted by molar-refractivity contribution is 6.30. The van der Waals surface area contributed by atoms with Crippen LogP contribution in [0.2, 0.25) is 5.02 Å². The lowest BCUT2D eigenvalue weighted by atomic mass is 10.3. The van der Waals surface area contributed by atoms with Crippen molar-refractivity contribution in [1.82, 2.24) is 0 Å². The van der Waals surface area contributed by atoms with Crippen molar-refractivity contribution in [2.75, 3.05) is 12.4 Å². The first-order valence-electron chi connectivity index (χ1n) is 7.96. The zero-order valence-electron chi connectivity index (χ0n) is 14.7. The number of carbonyl (C=O) groups is 2. The Bertz CT molecular complexity index is 746. The summed E-state index contributed by atoms with van der Waals surface area (Å²) in [5.41, 5.74) is 0.573. The molecule has 2 rings (SSSR count). The van der Waals surface area contributed by atoms with Crippen molar-refractivity contribution in [3.63, 3.8) is 0 Å². The number of ether oxygens (including phenoxy) is 3. The van der Waals surface area contributed by atoms with E-state index in [9.17, 15) is 9.59 Å². The van der Waals surface area contributed by atoms with E-state index in [0.717, 1.165) is 0 Å². The van der Waals surface area contributed by atoms with Crippen LogP contribution in [0, 0.1) is 0 Å². The Morgan fingerprint density at radius 3 is 2.08 bits per heavy atom. The van der Waals surface area contributed by atoms with Crippen LogP contribution in [-0.2, 0) is 14.3 Å². The van der Waals surface area contributed by atoms with E-state index in [4.69, 9.17) is 25.8 Å². The largest absolute Gasteiger partial charge is 0.497 e. The van der Waals surface area contributed by atoms with Gasteiger partial charge in [-0.05, 0) is 62.4 Å². The summed E-state index contributed by atoms with van der Waals surface area (Å²) in [6.45, 7) is 3.04. The van der Waals surface area contributed by atoms with Crippen molar-refractivity contribution in [2.24, 2.45) is 0 Å². The second kappa shape index (κ2) is 9.10. The second-order valence-electron chi connectivity index (χ2n) is 5.51. The fourth-order valence-corrected chi connectivity index (χ4v) is 2.13. The number of rotatable bonds is 7. The zero-order valence-corrected chi connectivity index (χ0v) is 15.4. The van der Waals surface area contributed by atoms with Gasteiger partial charge in [-0.2, -0.15) is 0 Å². The first kappa shape index (κ1) is 19.6. The van der Waals surface area contributed by atoms with Gasteiger partial charge >= 0.3 is 5.97 Å². The van der Waals surface area contributed by atoms with Gasteiger partial charge in [0.2, 0.25) is 0 Å². The van der Waals surface area contributed by atoms with Crippen LogP contribution in [0.15, 0.2) is 48.5 Å². The highest BCUT2D eigenvalue weighted by atomic mass is 35.5. The number of anilines is 1. The summed E-state index contributed by atoms with van der Waals surface area (Å²) in [5.74, 6) is 0.0735. The van der Waals surface area contributed by atoms with E-state index >= 15 is 0 Å². The number of nitrogens with one attached hydrogen (secondary N) is 1. The third kappa shape index (κ3) is 5.67. The molecule has 0 aliphatic carbocycles. The molecular weight excluding hydrogens is 358 g/mol. The van der Waals surface area contributed by atoms with Gasteiger partial charge in [0.15, 0.2) is 12.2 Å². The van der Waals surface area contributed by atoms with Gasteiger partial charge in [-0.1, -0.05) is 11.6 Å². The fourth-order valence-electron chi connectivity index (χ4n) is 2.01. The smallest absolute Gasteiger partial charge is 0.347 e. The number of carbonyl (C=O) groups excluding carboxylic acids is 2. The van der Waals surface area contributed by atoms with E-state index in [1.165, 1.54) is 6.92 Å². The minimum Gasteiger partial charge on any atom is -0.497 e. The van der Waals surface area contributed by atoms with Gasteiger partial charge in [0.05, 0.1) is 7.11 Å². The Hall–Kier alpha value is -2.73. The average molecular weight is 378 g/mol. The molecular formula is C19H20ClNO5. The molecule has 6 nitrogen and oxygen atoms in total. The molecule has 2 aromatic carbocycles. The minimum atomic E-state index is -0.971. The van der Waals surface area contributed by atoms with Gasteiger partial charge in [-0.25, -0.2) is 4.79 Å². The van der Waals surface area contributed by atoms with Crippen LogP contribution in [0.5, 0.6) is 11.5 Å². The van der Waals surface area contributed by atoms with Crippen LogP contribution in [0.3, 0.4) is 0 Å². The molecule has 138 valence electrons. The molecule has 0 heterocycles. The quantitative estimate of drug-likeness (QED) is 0.745. The SMILES string of the molecule is COc1ccc(NC(=O)C(C)OC(=O)C(C)Oc2ccc(Cl)cc2)cc1. The number of hydrogen-bond donors (Lipinski definition) is 1. The number of amides is 1. The molecule has 0 fully saturated rings. The zero-order chi connectivity index (χ0) is 19.1. The lowest BCUT2D eigenvalue weighted by molar-refractivity contribution is -0.159. The highest BCUT2D eigenvalue weighted by Crippen LogP contribution is 2.18. The maximum absolute atomic E-state index is 12.1. The number of hydrogen-bond acceptors (Lipinski definition) is 5. The maximum atomic E-state index is 12.1. The van der Waals surface area contributed by atoms with Crippen LogP contribution in [0.1, 0.15) is 13.8 Å². The Kier molecular flexibility index (Phi) is 6.86. The molecule has 26 heavy (non-hydrogen) atoms. The summed E-state index contributed by atoms with van der Waals surface area (Å²) in [7, 11) is 1.56. The molecule has 0 saturated heterocycles. The van der Waals surface area contributed by atoms with Crippen molar-refractivity contribution in [2.45, 2.75) is 26.1 Å². The molecule has 0 spiro atoms. The molecule has 1 N–H and O–H groups in total. The molecule has 7 heteroatoms. The Balaban J connectivity index is 1.86. The van der Waals surface area contributed by atoms with E-state index in [1.54, 1.807) is 62.6 Å². The molecule has 2 aromatic rings. The van der Waals surface area contributed by atoms with Crippen LogP contribution in [-0.4, -0.2) is 31.2 Å². The van der Waals surface area contributed by atoms with E-state index in [0.29, 0.717) is 22.2 Å². The lowest BCUT2D eigenvalue weighted by Crippen LogP contribution is -2.35. The van der Waals surface area contributed by atoms with Gasteiger partial charge in [0.25, 0.3) is 5.91 Å². The number of methoxy groups -OCH3 is 1. The summed E-state index contributed by atoms with van der Waals surface area (Å²) in [4.78, 5) is 24.2. The van der Waals surface area contributed by atoms with Crippen molar-refractivity contribution in [3.8, 4) is 11.5 Å². The molecule has 0 bridgehead atoms. The van der Waals surface area contributed by atoms with Crippen molar-refractivity contribution >= 4 is 29.2 Å². The third-order valence-electron chi connectivity index (χ3n) is 3.48. The molecule has 0 aliphatic heterocycles. The minimum absolute atomic E-state index is 0.442. The number of esters is 1. The topological polar surface area (TPSA) is 73.9 Å². The van der Waals surface area contributed by atoms with Crippen molar-refractivity contribution < 1.29 is 23.8 Å². The van der Waals surface area contributed by atoms with E-state index < -0.39 is 24.1 Å². The van der Waals surface area contributed by atoms with E-state index in [1.807, 2.05) is 0 Å². The Labute approximate surface area is 157 Å². The highest BCUT2D eigenvalue weighted by Gasteiger charge is 2.23. The molecule has 0 aromatic heterocycles. The normalized spacial score (nSPS) is 12.6. The summed E-state index contributed by atoms with van der Waals surface area (Å²) < 4.78 is 15.7. The van der Waals surface area contributed by atoms with E-state index in [2.05, 4.69) is 5.32 Å². The molecule has 0 radical (unpaired) electrons. The predicted molar refractivity (Wildman–Crippen MR) is 98.7 cm³/mol. The van der Waals surface area contributed by atoms with Crippen molar-refractivity contribution in [1.29, 1.82) is 0 Å². The van der Waals surface area contributed by atoms with Crippen molar-refractivity contribution in [3.05, 3.63) is 53.6 Å². The second-order valence-corrected chi connectivity index (χ2v) is 5.95. The number of benzene rings is 2. The average Bonchev–Trinajstić information content (AvgIpc) is 2.64. The summed E-state index contributed by atoms with van der Waals surface area (Å²) in [6.07, 6.45) is -1.84. The molecule has 1 amide bonds. The first-order chi connectivity index (χ1) is 12.4. The van der Waals surface area contributed by atoms with E-state index in [-0.39, 0.29) is 0 Å². The van der Waals surface area contributed by atoms with Gasteiger partial charge in [-0.15, -0.1) is 0 Å². The molecule has 2 atom stereocenters. The first-order valence-corrected chi connectivity index (χ1v) is 8.34. The van der Waals surface area contributed by atoms with Gasteiger partial charge in [0, 0.05) is 10.7 Å². The van der Waals surface area contributed by atoms with Gasteiger partial charge in [0.1, 0.15) is 11.5 Å². The van der Waals surface area contributed by atoms with Crippen LogP contribution >= 0.6 is 11.6 Å². The van der Waals surface area contributed by atoms with Gasteiger partial charge in [-0.3, -0.25) is 4.79 Å². The van der Waals surface area contributed by atoms with Crippen LogP contribution < -0.4 is 14.8 Å². The fraction of sp³-hybridized carbons (Fsp3) is 0.263. The predicted octanol–water partition coefficient (Wildman–Crippen LogP) is 3.69. The molecule has 0 saturated carbocycles. The molecule has 0 aliphatic rings. The number of halogens is 1. The summed E-state index contributed by atoms with van der Waals surface area (Å²) in [5, 5.41) is 3.23. The Morgan fingerprint density at radius 1 is 0.923 bits per heavy atom. The summed E-state index contributed by atoms with van der Waals surface area (Å²) >= 11 is 5.80. The maximum Gasteiger partial charge on any atom is 0.347 e. The standard InChI is InChI=1S/C19H20ClNO5/c1-12(18(22)21-15-6-10-16(24-3)11-7-15)26-19(23)13(2)25-17-8-4-14(20)5-9-17/h4-13H,1-3H3,(H,21,22). The Morgan fingerprint density at radius 2 is 1.50 bits per heavy atom.